The topological polar surface area (TPSA) is 89.5 Å². The first-order valence-electron chi connectivity index (χ1n) is 9.88. The van der Waals surface area contributed by atoms with Gasteiger partial charge in [0.1, 0.15) is 11.5 Å². The van der Waals surface area contributed by atoms with Crippen LogP contribution in [0.25, 0.3) is 11.3 Å². The van der Waals surface area contributed by atoms with Crippen LogP contribution in [0.15, 0.2) is 64.0 Å². The van der Waals surface area contributed by atoms with Crippen LogP contribution in [-0.4, -0.2) is 40.2 Å². The lowest BCUT2D eigenvalue weighted by molar-refractivity contribution is -0.388. The van der Waals surface area contributed by atoms with Crippen molar-refractivity contribution in [2.75, 3.05) is 19.3 Å². The van der Waals surface area contributed by atoms with Crippen LogP contribution in [0.1, 0.15) is 17.7 Å². The monoisotopic (exact) mass is 479 g/mol. The lowest BCUT2D eigenvalue weighted by Crippen LogP contribution is -2.29. The molecule has 2 aromatic carbocycles. The van der Waals surface area contributed by atoms with E-state index in [9.17, 15) is 28.1 Å². The molecule has 0 saturated heterocycles. The fourth-order valence-electron chi connectivity index (χ4n) is 3.00. The predicted molar refractivity (Wildman–Crippen MR) is 117 cm³/mol. The molecule has 174 valence electrons. The summed E-state index contributed by atoms with van der Waals surface area (Å²) in [5.74, 6) is 0.254. The van der Waals surface area contributed by atoms with Crippen LogP contribution >= 0.6 is 11.8 Å². The summed E-state index contributed by atoms with van der Waals surface area (Å²) in [6.45, 7) is 0.413. The zero-order valence-corrected chi connectivity index (χ0v) is 18.4. The van der Waals surface area contributed by atoms with Gasteiger partial charge in [0.15, 0.2) is 0 Å². The fraction of sp³-hybridized carbons (Fsp3) is 0.273. The lowest BCUT2D eigenvalue weighted by atomic mass is 10.1. The van der Waals surface area contributed by atoms with Crippen LogP contribution in [-0.2, 0) is 17.4 Å². The lowest BCUT2D eigenvalue weighted by Gasteiger charge is -2.16. The Balaban J connectivity index is 1.50. The molecule has 0 N–H and O–H groups in total. The van der Waals surface area contributed by atoms with Gasteiger partial charge in [0.25, 0.3) is 5.69 Å². The molecule has 0 fully saturated rings. The average molecular weight is 479 g/mol. The van der Waals surface area contributed by atoms with E-state index in [-0.39, 0.29) is 16.6 Å². The first kappa shape index (κ1) is 24.3. The fourth-order valence-corrected chi connectivity index (χ4v) is 3.94. The van der Waals surface area contributed by atoms with Crippen LogP contribution < -0.4 is 0 Å². The van der Waals surface area contributed by atoms with E-state index in [0.29, 0.717) is 31.2 Å². The van der Waals surface area contributed by atoms with Crippen molar-refractivity contribution in [2.45, 2.75) is 23.9 Å². The highest BCUT2D eigenvalue weighted by Crippen LogP contribution is 2.36. The van der Waals surface area contributed by atoms with E-state index < -0.39 is 22.4 Å². The van der Waals surface area contributed by atoms with E-state index in [2.05, 4.69) is 5.16 Å². The first-order chi connectivity index (χ1) is 15.6. The van der Waals surface area contributed by atoms with E-state index in [1.54, 1.807) is 7.05 Å². The predicted octanol–water partition coefficient (Wildman–Crippen LogP) is 5.45. The summed E-state index contributed by atoms with van der Waals surface area (Å²) in [5.41, 5.74) is -0.117. The maximum absolute atomic E-state index is 12.8. The molecule has 1 heterocycles. The molecule has 1 aromatic heterocycles. The van der Waals surface area contributed by atoms with Crippen LogP contribution in [0.5, 0.6) is 0 Å². The standard InChI is InChI=1S/C22H20F3N3O4S/c1-27(11-5-8-17-13-18(26-32-17)15-6-3-2-4-7-15)21(29)14-33-20-10-9-16(22(23,24)25)12-19(20)28(30)31/h2-4,6-7,9-10,12-13H,5,8,11,14H2,1H3. The molecule has 0 radical (unpaired) electrons. The molecule has 3 aromatic rings. The average Bonchev–Trinajstić information content (AvgIpc) is 3.26. The number of thioether (sulfide) groups is 1. The molecule has 3 rings (SSSR count). The molecule has 0 unspecified atom stereocenters. The zero-order chi connectivity index (χ0) is 24.0. The Morgan fingerprint density at radius 1 is 1.18 bits per heavy atom. The summed E-state index contributed by atoms with van der Waals surface area (Å²) in [4.78, 5) is 24.1. The molecule has 7 nitrogen and oxygen atoms in total. The van der Waals surface area contributed by atoms with Gasteiger partial charge in [-0.3, -0.25) is 14.9 Å². The number of halogens is 3. The number of aromatic nitrogens is 1. The number of nitrogens with zero attached hydrogens (tertiary/aromatic N) is 3. The highest BCUT2D eigenvalue weighted by atomic mass is 32.2. The van der Waals surface area contributed by atoms with Crippen molar-refractivity contribution < 1.29 is 27.4 Å². The number of aryl methyl sites for hydroxylation is 1. The second-order valence-electron chi connectivity index (χ2n) is 7.19. The Labute approximate surface area is 191 Å². The summed E-state index contributed by atoms with van der Waals surface area (Å²) in [5, 5.41) is 15.2. The van der Waals surface area contributed by atoms with Gasteiger partial charge < -0.3 is 9.42 Å². The number of carbonyl (C=O) groups is 1. The highest BCUT2D eigenvalue weighted by Gasteiger charge is 2.33. The molecular formula is C22H20F3N3O4S. The van der Waals surface area contributed by atoms with Crippen LogP contribution in [0.3, 0.4) is 0 Å². The zero-order valence-electron chi connectivity index (χ0n) is 17.5. The summed E-state index contributed by atoms with van der Waals surface area (Å²) in [7, 11) is 1.60. The third kappa shape index (κ3) is 6.58. The van der Waals surface area contributed by atoms with Crippen LogP contribution in [0.4, 0.5) is 18.9 Å². The van der Waals surface area contributed by atoms with Gasteiger partial charge in [-0.1, -0.05) is 35.5 Å². The second kappa shape index (κ2) is 10.5. The van der Waals surface area contributed by atoms with Gasteiger partial charge in [-0.05, 0) is 18.6 Å². The third-order valence-electron chi connectivity index (χ3n) is 4.81. The van der Waals surface area contributed by atoms with E-state index in [4.69, 9.17) is 4.52 Å². The maximum Gasteiger partial charge on any atom is 0.416 e. The summed E-state index contributed by atoms with van der Waals surface area (Å²) in [6.07, 6.45) is -3.51. The highest BCUT2D eigenvalue weighted by molar-refractivity contribution is 8.00. The number of rotatable bonds is 9. The van der Waals surface area contributed by atoms with Crippen molar-refractivity contribution in [2.24, 2.45) is 0 Å². The molecule has 0 atom stereocenters. The van der Waals surface area contributed by atoms with Crippen LogP contribution in [0.2, 0.25) is 0 Å². The molecule has 0 spiro atoms. The van der Waals surface area contributed by atoms with E-state index in [0.717, 1.165) is 35.2 Å². The molecule has 0 saturated carbocycles. The minimum atomic E-state index is -4.69. The molecule has 0 aliphatic rings. The molecule has 33 heavy (non-hydrogen) atoms. The van der Waals surface area contributed by atoms with Gasteiger partial charge in [0.2, 0.25) is 5.91 Å². The summed E-state index contributed by atoms with van der Waals surface area (Å²) in [6, 6.07) is 13.7. The van der Waals surface area contributed by atoms with Crippen molar-refractivity contribution in [3.63, 3.8) is 0 Å². The molecule has 0 aliphatic carbocycles. The molecule has 0 bridgehead atoms. The minimum absolute atomic E-state index is 0.00449. The summed E-state index contributed by atoms with van der Waals surface area (Å²) >= 11 is 0.833. The largest absolute Gasteiger partial charge is 0.416 e. The molecule has 1 amide bonds. The Bertz CT molecular complexity index is 1120. The van der Waals surface area contributed by atoms with Crippen molar-refractivity contribution in [1.82, 2.24) is 10.1 Å². The second-order valence-corrected chi connectivity index (χ2v) is 8.21. The number of carbonyl (C=O) groups excluding carboxylic acids is 1. The third-order valence-corrected chi connectivity index (χ3v) is 5.85. The first-order valence-corrected chi connectivity index (χ1v) is 10.9. The smallest absolute Gasteiger partial charge is 0.361 e. The number of nitro groups is 1. The number of benzene rings is 2. The minimum Gasteiger partial charge on any atom is -0.361 e. The van der Waals surface area contributed by atoms with Crippen molar-refractivity contribution in [3.8, 4) is 11.3 Å². The van der Waals surface area contributed by atoms with Crippen LogP contribution in [0, 0.1) is 10.1 Å². The van der Waals surface area contributed by atoms with Gasteiger partial charge in [-0.25, -0.2) is 0 Å². The van der Waals surface area contributed by atoms with Gasteiger partial charge in [-0.2, -0.15) is 13.2 Å². The number of hydrogen-bond donors (Lipinski definition) is 0. The Hall–Kier alpha value is -3.34. The Morgan fingerprint density at radius 2 is 1.91 bits per heavy atom. The Morgan fingerprint density at radius 3 is 2.58 bits per heavy atom. The normalized spacial score (nSPS) is 11.4. The number of amides is 1. The van der Waals surface area contributed by atoms with E-state index >= 15 is 0 Å². The number of alkyl halides is 3. The van der Waals surface area contributed by atoms with E-state index in [1.807, 2.05) is 36.4 Å². The molecule has 0 aliphatic heterocycles. The van der Waals surface area contributed by atoms with Gasteiger partial charge in [-0.15, -0.1) is 11.8 Å². The Kier molecular flexibility index (Phi) is 7.75. The number of hydrogen-bond acceptors (Lipinski definition) is 6. The number of nitro benzene ring substituents is 1. The van der Waals surface area contributed by atoms with Gasteiger partial charge in [0.05, 0.1) is 21.1 Å². The molecular weight excluding hydrogens is 459 g/mol. The van der Waals surface area contributed by atoms with Crippen molar-refractivity contribution in [1.29, 1.82) is 0 Å². The van der Waals surface area contributed by atoms with Gasteiger partial charge >= 0.3 is 6.18 Å². The molecule has 11 heteroatoms. The quantitative estimate of drug-likeness (QED) is 0.230. The van der Waals surface area contributed by atoms with Crippen molar-refractivity contribution >= 4 is 23.4 Å². The van der Waals surface area contributed by atoms with Crippen molar-refractivity contribution in [3.05, 3.63) is 76.0 Å². The van der Waals surface area contributed by atoms with E-state index in [1.165, 1.54) is 4.90 Å². The summed E-state index contributed by atoms with van der Waals surface area (Å²) < 4.78 is 43.8. The van der Waals surface area contributed by atoms with Gasteiger partial charge in [0, 0.05) is 37.7 Å². The SMILES string of the molecule is CN(CCCc1cc(-c2ccccc2)no1)C(=O)CSc1ccc(C(F)(F)F)cc1[N+](=O)[O-]. The maximum atomic E-state index is 12.8.